The quantitative estimate of drug-likeness (QED) is 0.816. The van der Waals surface area contributed by atoms with E-state index >= 15 is 0 Å². The molecule has 0 aromatic heterocycles. The molecule has 0 aliphatic carbocycles. The van der Waals surface area contributed by atoms with E-state index in [-0.39, 0.29) is 18.1 Å². The fourth-order valence-corrected chi connectivity index (χ4v) is 2.07. The van der Waals surface area contributed by atoms with Crippen molar-refractivity contribution in [1.29, 1.82) is 0 Å². The van der Waals surface area contributed by atoms with Gasteiger partial charge in [0.05, 0.1) is 19.3 Å². The molecule has 2 rings (SSSR count). The van der Waals surface area contributed by atoms with Crippen LogP contribution in [-0.4, -0.2) is 37.9 Å². The first-order chi connectivity index (χ1) is 9.69. The van der Waals surface area contributed by atoms with E-state index in [0.717, 1.165) is 18.6 Å². The number of benzene rings is 1. The van der Waals surface area contributed by atoms with Crippen molar-refractivity contribution in [2.45, 2.75) is 32.0 Å². The maximum Gasteiger partial charge on any atom is 0.251 e. The first-order valence-electron chi connectivity index (χ1n) is 6.98. The van der Waals surface area contributed by atoms with Crippen LogP contribution in [0.3, 0.4) is 0 Å². The molecule has 3 N–H and O–H groups in total. The smallest absolute Gasteiger partial charge is 0.251 e. The summed E-state index contributed by atoms with van der Waals surface area (Å²) in [6.07, 6.45) is 1.10. The highest BCUT2D eigenvalue weighted by molar-refractivity contribution is 5.94. The first-order valence-corrected chi connectivity index (χ1v) is 6.98. The maximum absolute atomic E-state index is 12.0. The molecule has 1 aromatic rings. The fourth-order valence-electron chi connectivity index (χ4n) is 2.07. The Morgan fingerprint density at radius 1 is 1.50 bits per heavy atom. The van der Waals surface area contributed by atoms with Crippen molar-refractivity contribution in [3.8, 4) is 0 Å². The predicted molar refractivity (Wildman–Crippen MR) is 76.4 cm³/mol. The summed E-state index contributed by atoms with van der Waals surface area (Å²) in [5.41, 5.74) is 7.18. The number of hydrogen-bond donors (Lipinski definition) is 2. The summed E-state index contributed by atoms with van der Waals surface area (Å²) in [6.45, 7) is 4.33. The van der Waals surface area contributed by atoms with Crippen LogP contribution in [0, 0.1) is 0 Å². The fraction of sp³-hybridized carbons (Fsp3) is 0.533. The van der Waals surface area contributed by atoms with Crippen molar-refractivity contribution < 1.29 is 14.3 Å². The van der Waals surface area contributed by atoms with Crippen molar-refractivity contribution in [2.75, 3.05) is 19.8 Å². The summed E-state index contributed by atoms with van der Waals surface area (Å²) < 4.78 is 10.9. The second-order valence-electron chi connectivity index (χ2n) is 5.09. The number of carbonyl (C=O) groups is 1. The SMILES string of the molecule is CC(COC1CCOC1)NC(=O)c1ccc(CN)cc1. The summed E-state index contributed by atoms with van der Waals surface area (Å²) in [5.74, 6) is -0.0904. The Bertz CT molecular complexity index is 427. The van der Waals surface area contributed by atoms with Crippen LogP contribution in [0.5, 0.6) is 0 Å². The predicted octanol–water partition coefficient (Wildman–Crippen LogP) is 1.07. The topological polar surface area (TPSA) is 73.6 Å². The van der Waals surface area contributed by atoms with Gasteiger partial charge in [0.2, 0.25) is 0 Å². The molecule has 0 spiro atoms. The van der Waals surface area contributed by atoms with Crippen molar-refractivity contribution in [1.82, 2.24) is 5.32 Å². The summed E-state index contributed by atoms with van der Waals surface area (Å²) in [5, 5.41) is 2.92. The molecule has 5 nitrogen and oxygen atoms in total. The van der Waals surface area contributed by atoms with Crippen LogP contribution < -0.4 is 11.1 Å². The molecule has 20 heavy (non-hydrogen) atoms. The van der Waals surface area contributed by atoms with Gasteiger partial charge in [0.25, 0.3) is 5.91 Å². The highest BCUT2D eigenvalue weighted by Gasteiger charge is 2.17. The Balaban J connectivity index is 1.77. The van der Waals surface area contributed by atoms with E-state index in [1.54, 1.807) is 12.1 Å². The molecular weight excluding hydrogens is 256 g/mol. The average molecular weight is 278 g/mol. The number of nitrogens with two attached hydrogens (primary N) is 1. The van der Waals surface area contributed by atoms with Gasteiger partial charge in [-0.05, 0) is 31.0 Å². The van der Waals surface area contributed by atoms with Gasteiger partial charge >= 0.3 is 0 Å². The van der Waals surface area contributed by atoms with E-state index < -0.39 is 0 Å². The highest BCUT2D eigenvalue weighted by Crippen LogP contribution is 2.09. The van der Waals surface area contributed by atoms with Crippen LogP contribution in [0.25, 0.3) is 0 Å². The van der Waals surface area contributed by atoms with E-state index in [1.807, 2.05) is 19.1 Å². The van der Waals surface area contributed by atoms with Gasteiger partial charge in [0.1, 0.15) is 0 Å². The molecule has 5 heteroatoms. The molecule has 1 aromatic carbocycles. The number of rotatable bonds is 6. The molecule has 0 bridgehead atoms. The lowest BCUT2D eigenvalue weighted by Crippen LogP contribution is -2.37. The minimum atomic E-state index is -0.0904. The zero-order valence-electron chi connectivity index (χ0n) is 11.8. The largest absolute Gasteiger partial charge is 0.379 e. The lowest BCUT2D eigenvalue weighted by atomic mass is 10.1. The number of ether oxygens (including phenoxy) is 2. The van der Waals surface area contributed by atoms with E-state index in [2.05, 4.69) is 5.32 Å². The van der Waals surface area contributed by atoms with Gasteiger partial charge in [0, 0.05) is 24.8 Å². The van der Waals surface area contributed by atoms with Crippen LogP contribution in [0.4, 0.5) is 0 Å². The minimum Gasteiger partial charge on any atom is -0.379 e. The Morgan fingerprint density at radius 2 is 2.25 bits per heavy atom. The number of amides is 1. The van der Waals surface area contributed by atoms with Crippen LogP contribution in [0.1, 0.15) is 29.3 Å². The third-order valence-corrected chi connectivity index (χ3v) is 3.30. The van der Waals surface area contributed by atoms with Crippen molar-refractivity contribution in [2.24, 2.45) is 5.73 Å². The molecule has 0 radical (unpaired) electrons. The molecule has 0 saturated carbocycles. The minimum absolute atomic E-state index is 0.0303. The molecule has 1 aliphatic rings. The summed E-state index contributed by atoms with van der Waals surface area (Å²) in [4.78, 5) is 12.0. The lowest BCUT2D eigenvalue weighted by Gasteiger charge is -2.17. The Labute approximate surface area is 119 Å². The lowest BCUT2D eigenvalue weighted by molar-refractivity contribution is 0.0318. The zero-order valence-corrected chi connectivity index (χ0v) is 11.8. The van der Waals surface area contributed by atoms with Crippen molar-refractivity contribution >= 4 is 5.91 Å². The molecule has 2 atom stereocenters. The maximum atomic E-state index is 12.0. The summed E-state index contributed by atoms with van der Waals surface area (Å²) >= 11 is 0. The normalized spacial score (nSPS) is 19.8. The molecule has 110 valence electrons. The second-order valence-corrected chi connectivity index (χ2v) is 5.09. The van der Waals surface area contributed by atoms with E-state index in [9.17, 15) is 4.79 Å². The number of nitrogens with one attached hydrogen (secondary N) is 1. The van der Waals surface area contributed by atoms with Gasteiger partial charge in [-0.15, -0.1) is 0 Å². The highest BCUT2D eigenvalue weighted by atomic mass is 16.5. The molecule has 1 amide bonds. The third kappa shape index (κ3) is 4.30. The van der Waals surface area contributed by atoms with Crippen LogP contribution in [-0.2, 0) is 16.0 Å². The second kappa shape index (κ2) is 7.38. The van der Waals surface area contributed by atoms with Gasteiger partial charge in [-0.2, -0.15) is 0 Å². The van der Waals surface area contributed by atoms with Crippen molar-refractivity contribution in [3.63, 3.8) is 0 Å². The van der Waals surface area contributed by atoms with Gasteiger partial charge in [-0.3, -0.25) is 4.79 Å². The van der Waals surface area contributed by atoms with Gasteiger partial charge in [-0.25, -0.2) is 0 Å². The van der Waals surface area contributed by atoms with Crippen LogP contribution >= 0.6 is 0 Å². The number of hydrogen-bond acceptors (Lipinski definition) is 4. The Kier molecular flexibility index (Phi) is 5.52. The van der Waals surface area contributed by atoms with Crippen LogP contribution in [0.2, 0.25) is 0 Å². The molecule has 1 aliphatic heterocycles. The van der Waals surface area contributed by atoms with Crippen molar-refractivity contribution in [3.05, 3.63) is 35.4 Å². The first kappa shape index (κ1) is 15.0. The monoisotopic (exact) mass is 278 g/mol. The number of carbonyl (C=O) groups excluding carboxylic acids is 1. The van der Waals surface area contributed by atoms with Gasteiger partial charge < -0.3 is 20.5 Å². The van der Waals surface area contributed by atoms with Gasteiger partial charge in [0.15, 0.2) is 0 Å². The Morgan fingerprint density at radius 3 is 2.85 bits per heavy atom. The standard InChI is InChI=1S/C15H22N2O3/c1-11(9-20-14-6-7-19-10-14)17-15(18)13-4-2-12(8-16)3-5-13/h2-5,11,14H,6-10,16H2,1H3,(H,17,18). The van der Waals surface area contributed by atoms with E-state index in [0.29, 0.717) is 25.3 Å². The summed E-state index contributed by atoms with van der Waals surface area (Å²) in [7, 11) is 0. The average Bonchev–Trinajstić information content (AvgIpc) is 2.98. The molecule has 1 saturated heterocycles. The van der Waals surface area contributed by atoms with Gasteiger partial charge in [-0.1, -0.05) is 12.1 Å². The molecule has 2 unspecified atom stereocenters. The molecular formula is C15H22N2O3. The molecule has 1 heterocycles. The molecule has 1 fully saturated rings. The Hall–Kier alpha value is -1.43. The van der Waals surface area contributed by atoms with E-state index in [1.165, 1.54) is 0 Å². The third-order valence-electron chi connectivity index (χ3n) is 3.30. The van der Waals surface area contributed by atoms with E-state index in [4.69, 9.17) is 15.2 Å². The zero-order chi connectivity index (χ0) is 14.4. The summed E-state index contributed by atoms with van der Waals surface area (Å²) in [6, 6.07) is 7.28. The van der Waals surface area contributed by atoms with Crippen LogP contribution in [0.15, 0.2) is 24.3 Å².